The third kappa shape index (κ3) is 4.09. The van der Waals surface area contributed by atoms with E-state index in [0.717, 1.165) is 42.3 Å². The third-order valence-corrected chi connectivity index (χ3v) is 6.31. The van der Waals surface area contributed by atoms with Crippen LogP contribution >= 0.6 is 0 Å². The smallest absolute Gasteiger partial charge is 0.254 e. The van der Waals surface area contributed by atoms with E-state index in [9.17, 15) is 18.0 Å². The minimum atomic E-state index is -1.77. The molecule has 2 aromatic carbocycles. The Bertz CT molecular complexity index is 1350. The number of hydrogen-bond donors (Lipinski definition) is 2. The molecule has 11 heteroatoms. The van der Waals surface area contributed by atoms with Gasteiger partial charge in [0.2, 0.25) is 5.82 Å². The number of halogens is 3. The Morgan fingerprint density at radius 2 is 1.91 bits per heavy atom. The number of aromatic hydroxyl groups is 1. The van der Waals surface area contributed by atoms with Crippen LogP contribution in [0.3, 0.4) is 0 Å². The molecule has 2 aromatic heterocycles. The summed E-state index contributed by atoms with van der Waals surface area (Å²) in [7, 11) is 0. The van der Waals surface area contributed by atoms with Gasteiger partial charge in [0.1, 0.15) is 12.7 Å². The number of aromatic nitrogens is 5. The van der Waals surface area contributed by atoms with Gasteiger partial charge < -0.3 is 10.4 Å². The highest BCUT2D eigenvalue weighted by Crippen LogP contribution is 2.33. The number of rotatable bonds is 5. The van der Waals surface area contributed by atoms with E-state index >= 15 is 0 Å². The van der Waals surface area contributed by atoms with E-state index in [2.05, 4.69) is 15.4 Å². The summed E-state index contributed by atoms with van der Waals surface area (Å²) in [6.07, 6.45) is 8.44. The zero-order valence-electron chi connectivity index (χ0n) is 18.0. The predicted octanol–water partition coefficient (Wildman–Crippen LogP) is 3.90. The molecule has 4 aromatic rings. The van der Waals surface area contributed by atoms with Gasteiger partial charge in [-0.05, 0) is 55.9 Å². The average Bonchev–Trinajstić information content (AvgIpc) is 3.53. The number of phenols is 1. The van der Waals surface area contributed by atoms with Gasteiger partial charge in [-0.15, -0.1) is 0 Å². The Morgan fingerprint density at radius 3 is 2.65 bits per heavy atom. The van der Waals surface area contributed by atoms with Crippen LogP contribution in [0.25, 0.3) is 16.6 Å². The summed E-state index contributed by atoms with van der Waals surface area (Å²) in [6.45, 7) is 0.261. The summed E-state index contributed by atoms with van der Waals surface area (Å²) in [5.41, 5.74) is 0.965. The Balaban J connectivity index is 1.19. The molecule has 5 rings (SSSR count). The minimum absolute atomic E-state index is 0.152. The van der Waals surface area contributed by atoms with Crippen molar-refractivity contribution in [2.75, 3.05) is 6.54 Å². The van der Waals surface area contributed by atoms with E-state index in [1.54, 1.807) is 11.0 Å². The second-order valence-corrected chi connectivity index (χ2v) is 8.46. The summed E-state index contributed by atoms with van der Waals surface area (Å²) in [5.74, 6) is -6.93. The molecule has 8 nitrogen and oxygen atoms in total. The fourth-order valence-electron chi connectivity index (χ4n) is 4.39. The molecule has 0 radical (unpaired) electrons. The predicted molar refractivity (Wildman–Crippen MR) is 116 cm³/mol. The first-order valence-corrected chi connectivity index (χ1v) is 10.9. The zero-order valence-corrected chi connectivity index (χ0v) is 18.0. The molecule has 0 bridgehead atoms. The van der Waals surface area contributed by atoms with Crippen LogP contribution in [0.5, 0.6) is 5.75 Å². The van der Waals surface area contributed by atoms with E-state index in [1.165, 1.54) is 6.33 Å². The summed E-state index contributed by atoms with van der Waals surface area (Å²) in [6, 6.07) is 6.61. The van der Waals surface area contributed by atoms with Crippen molar-refractivity contribution in [3.05, 3.63) is 66.1 Å². The van der Waals surface area contributed by atoms with Crippen molar-refractivity contribution in [2.24, 2.45) is 5.92 Å². The van der Waals surface area contributed by atoms with Crippen molar-refractivity contribution in [2.45, 2.75) is 31.7 Å². The Kier molecular flexibility index (Phi) is 5.68. The fraction of sp³-hybridized carbons (Fsp3) is 0.304. The Labute approximate surface area is 192 Å². The first kappa shape index (κ1) is 21.9. The lowest BCUT2D eigenvalue weighted by Crippen LogP contribution is -2.32. The largest absolute Gasteiger partial charge is 0.503 e. The standard InChI is InChI=1S/C23H21F3N6O2/c24-18-8-17(20(25)21(26)22(18)33)23(34)28-9-13-1-4-15(5-2-13)31-10-14-3-6-16(7-19(14)30-31)32-12-27-11-29-32/h3,6-8,10-13,15,33H,1-2,4-5,9H2,(H,28,34). The third-order valence-electron chi connectivity index (χ3n) is 6.31. The van der Waals surface area contributed by atoms with Crippen molar-refractivity contribution < 1.29 is 23.1 Å². The summed E-state index contributed by atoms with van der Waals surface area (Å²) in [5, 5.41) is 21.6. The lowest BCUT2D eigenvalue weighted by Gasteiger charge is -2.28. The molecule has 0 unspecified atom stereocenters. The van der Waals surface area contributed by atoms with Gasteiger partial charge in [-0.25, -0.2) is 18.4 Å². The maximum absolute atomic E-state index is 13.9. The molecular formula is C23H21F3N6O2. The molecule has 0 atom stereocenters. The number of nitrogens with one attached hydrogen (secondary N) is 1. The second-order valence-electron chi connectivity index (χ2n) is 8.46. The molecule has 1 saturated carbocycles. The first-order valence-electron chi connectivity index (χ1n) is 10.9. The van der Waals surface area contributed by atoms with Crippen LogP contribution in [0.4, 0.5) is 13.2 Å². The molecule has 2 N–H and O–H groups in total. The molecule has 2 heterocycles. The average molecular weight is 470 g/mol. The fourth-order valence-corrected chi connectivity index (χ4v) is 4.39. The van der Waals surface area contributed by atoms with Crippen molar-refractivity contribution in [3.8, 4) is 11.4 Å². The molecule has 0 spiro atoms. The highest BCUT2D eigenvalue weighted by atomic mass is 19.2. The summed E-state index contributed by atoms with van der Waals surface area (Å²) < 4.78 is 44.6. The van der Waals surface area contributed by atoms with Gasteiger partial charge in [0.15, 0.2) is 17.4 Å². The molecule has 0 saturated heterocycles. The minimum Gasteiger partial charge on any atom is -0.503 e. The summed E-state index contributed by atoms with van der Waals surface area (Å²) >= 11 is 0. The first-order chi connectivity index (χ1) is 16.4. The van der Waals surface area contributed by atoms with Crippen LogP contribution in [-0.4, -0.2) is 42.1 Å². The van der Waals surface area contributed by atoms with E-state index in [-0.39, 0.29) is 18.5 Å². The van der Waals surface area contributed by atoms with Gasteiger partial charge >= 0.3 is 0 Å². The monoisotopic (exact) mass is 470 g/mol. The molecule has 1 fully saturated rings. The molecule has 1 aliphatic carbocycles. The van der Waals surface area contributed by atoms with Crippen molar-refractivity contribution in [3.63, 3.8) is 0 Å². The Morgan fingerprint density at radius 1 is 1.12 bits per heavy atom. The van der Waals surface area contributed by atoms with E-state index < -0.39 is 34.7 Å². The van der Waals surface area contributed by atoms with Crippen LogP contribution in [0.15, 0.2) is 43.1 Å². The molecular weight excluding hydrogens is 449 g/mol. The number of amides is 1. The quantitative estimate of drug-likeness (QED) is 0.431. The van der Waals surface area contributed by atoms with Gasteiger partial charge in [0, 0.05) is 18.1 Å². The van der Waals surface area contributed by atoms with Crippen LogP contribution in [0.1, 0.15) is 42.1 Å². The van der Waals surface area contributed by atoms with Crippen LogP contribution < -0.4 is 5.32 Å². The molecule has 0 aliphatic heterocycles. The highest BCUT2D eigenvalue weighted by Gasteiger charge is 2.26. The number of nitrogens with zero attached hydrogens (tertiary/aromatic N) is 5. The van der Waals surface area contributed by atoms with Gasteiger partial charge in [0.05, 0.1) is 22.8 Å². The lowest BCUT2D eigenvalue weighted by atomic mass is 9.86. The van der Waals surface area contributed by atoms with Gasteiger partial charge in [-0.3, -0.25) is 9.48 Å². The number of benzene rings is 2. The van der Waals surface area contributed by atoms with Crippen LogP contribution in [-0.2, 0) is 0 Å². The Hall–Kier alpha value is -3.89. The van der Waals surface area contributed by atoms with Gasteiger partial charge in [-0.1, -0.05) is 0 Å². The van der Waals surface area contributed by atoms with Gasteiger partial charge in [-0.2, -0.15) is 14.6 Å². The zero-order chi connectivity index (χ0) is 23.8. The molecule has 1 amide bonds. The van der Waals surface area contributed by atoms with Crippen molar-refractivity contribution in [1.82, 2.24) is 29.9 Å². The SMILES string of the molecule is O=C(NCC1CCC(n2cc3ccc(-n4cncn4)cc3n2)CC1)c1cc(F)c(O)c(F)c1F. The van der Waals surface area contributed by atoms with E-state index in [1.807, 2.05) is 29.1 Å². The highest BCUT2D eigenvalue weighted by molar-refractivity contribution is 5.94. The molecule has 34 heavy (non-hydrogen) atoms. The van der Waals surface area contributed by atoms with E-state index in [0.29, 0.717) is 6.07 Å². The topological polar surface area (TPSA) is 97.9 Å². The maximum atomic E-state index is 13.9. The normalized spacial score (nSPS) is 18.3. The number of fused-ring (bicyclic) bond motifs is 1. The lowest BCUT2D eigenvalue weighted by molar-refractivity contribution is 0.0935. The van der Waals surface area contributed by atoms with Crippen molar-refractivity contribution >= 4 is 16.8 Å². The van der Waals surface area contributed by atoms with Gasteiger partial charge in [0.25, 0.3) is 5.91 Å². The summed E-state index contributed by atoms with van der Waals surface area (Å²) in [4.78, 5) is 16.2. The number of carbonyl (C=O) groups is 1. The van der Waals surface area contributed by atoms with Crippen LogP contribution in [0, 0.1) is 23.4 Å². The maximum Gasteiger partial charge on any atom is 0.254 e. The number of hydrogen-bond acceptors (Lipinski definition) is 5. The van der Waals surface area contributed by atoms with E-state index in [4.69, 9.17) is 10.2 Å². The molecule has 176 valence electrons. The second kappa shape index (κ2) is 8.81. The van der Waals surface area contributed by atoms with Crippen LogP contribution in [0.2, 0.25) is 0 Å². The number of carbonyl (C=O) groups excluding carboxylic acids is 1. The number of phenolic OH excluding ortho intramolecular Hbond substituents is 1. The van der Waals surface area contributed by atoms with Crippen molar-refractivity contribution in [1.29, 1.82) is 0 Å². The molecule has 1 aliphatic rings.